The Kier molecular flexibility index (Phi) is 10.1. The zero-order chi connectivity index (χ0) is 21.8. The Morgan fingerprint density at radius 3 is 2.30 bits per heavy atom. The van der Waals surface area contributed by atoms with Crippen LogP contribution in [0.25, 0.3) is 0 Å². The Balaban J connectivity index is 1.74. The van der Waals surface area contributed by atoms with Crippen molar-refractivity contribution in [2.24, 2.45) is 5.16 Å². The number of hydrogen-bond donors (Lipinski definition) is 0. The minimum atomic E-state index is 0.550. The van der Waals surface area contributed by atoms with Crippen LogP contribution in [0.1, 0.15) is 36.5 Å². The van der Waals surface area contributed by atoms with Crippen LogP contribution in [0, 0.1) is 13.8 Å². The van der Waals surface area contributed by atoms with Crippen molar-refractivity contribution in [2.75, 3.05) is 26.9 Å². The topological polar surface area (TPSA) is 49.3 Å². The summed E-state index contributed by atoms with van der Waals surface area (Å²) in [6, 6.07) is 9.53. The highest BCUT2D eigenvalue weighted by Gasteiger charge is 2.08. The summed E-state index contributed by atoms with van der Waals surface area (Å²) in [4.78, 5) is 4.67. The number of rotatable bonds is 12. The molecule has 0 saturated carbocycles. The first kappa shape index (κ1) is 23.6. The summed E-state index contributed by atoms with van der Waals surface area (Å²) in [6.45, 7) is 7.83. The van der Waals surface area contributed by atoms with E-state index in [9.17, 15) is 0 Å². The second-order valence-electron chi connectivity index (χ2n) is 6.78. The fourth-order valence-corrected chi connectivity index (χ4v) is 3.09. The van der Waals surface area contributed by atoms with Crippen LogP contribution in [-0.2, 0) is 4.84 Å². The Labute approximate surface area is 184 Å². The van der Waals surface area contributed by atoms with Gasteiger partial charge in [0, 0.05) is 0 Å². The molecule has 0 atom stereocenters. The second kappa shape index (κ2) is 12.8. The summed E-state index contributed by atoms with van der Waals surface area (Å²) in [6.07, 6.45) is 7.30. The van der Waals surface area contributed by atoms with E-state index in [1.807, 2.05) is 57.2 Å². The molecule has 0 aromatic heterocycles. The second-order valence-corrected chi connectivity index (χ2v) is 7.18. The number of hydrogen-bond acceptors (Lipinski definition) is 5. The molecule has 0 aliphatic rings. The van der Waals surface area contributed by atoms with Crippen LogP contribution in [0.4, 0.5) is 0 Å². The molecular formula is C24H30ClNO4. The van der Waals surface area contributed by atoms with Gasteiger partial charge in [-0.05, 0) is 80.6 Å². The summed E-state index contributed by atoms with van der Waals surface area (Å²) >= 11 is 6.25. The van der Waals surface area contributed by atoms with Crippen molar-refractivity contribution < 1.29 is 19.0 Å². The zero-order valence-electron chi connectivity index (χ0n) is 18.1. The van der Waals surface area contributed by atoms with E-state index in [-0.39, 0.29) is 0 Å². The third kappa shape index (κ3) is 7.64. The standard InChI is InChI=1S/C24H30ClNO4/c1-5-6-11-28-21-14-18(2)24(19(3)15-21)30-13-8-7-12-29-23-10-9-20(16-22(23)25)17-26-27-4/h5-6,9-10,14-17H,7-8,11-13H2,1-4H3/b6-5+,26-17?. The first-order valence-electron chi connectivity index (χ1n) is 10.0. The van der Waals surface area contributed by atoms with Gasteiger partial charge in [0.15, 0.2) is 0 Å². The Hall–Kier alpha value is -2.66. The summed E-state index contributed by atoms with van der Waals surface area (Å²) in [5.74, 6) is 2.44. The number of halogens is 1. The molecule has 162 valence electrons. The van der Waals surface area contributed by atoms with Gasteiger partial charge in [-0.2, -0.15) is 0 Å². The molecule has 2 aromatic carbocycles. The molecular weight excluding hydrogens is 402 g/mol. The monoisotopic (exact) mass is 431 g/mol. The van der Waals surface area contributed by atoms with Crippen LogP contribution in [0.2, 0.25) is 5.02 Å². The quantitative estimate of drug-likeness (QED) is 0.175. The maximum atomic E-state index is 6.25. The summed E-state index contributed by atoms with van der Waals surface area (Å²) in [5.41, 5.74) is 3.00. The van der Waals surface area contributed by atoms with Gasteiger partial charge < -0.3 is 19.0 Å². The van der Waals surface area contributed by atoms with Gasteiger partial charge in [-0.25, -0.2) is 0 Å². The Morgan fingerprint density at radius 1 is 0.967 bits per heavy atom. The van der Waals surface area contributed by atoms with Crippen LogP contribution in [-0.4, -0.2) is 33.1 Å². The Morgan fingerprint density at radius 2 is 1.67 bits per heavy atom. The van der Waals surface area contributed by atoms with E-state index in [1.54, 1.807) is 12.3 Å². The molecule has 2 aromatic rings. The molecule has 0 amide bonds. The van der Waals surface area contributed by atoms with Crippen molar-refractivity contribution in [3.63, 3.8) is 0 Å². The average Bonchev–Trinajstić information content (AvgIpc) is 2.72. The molecule has 0 N–H and O–H groups in total. The molecule has 0 aliphatic carbocycles. The molecule has 0 fully saturated rings. The van der Waals surface area contributed by atoms with Gasteiger partial charge in [-0.15, -0.1) is 0 Å². The lowest BCUT2D eigenvalue weighted by molar-refractivity contribution is 0.215. The van der Waals surface area contributed by atoms with E-state index in [2.05, 4.69) is 9.99 Å². The molecule has 0 unspecified atom stereocenters. The van der Waals surface area contributed by atoms with Gasteiger partial charge in [0.2, 0.25) is 0 Å². The fraction of sp³-hybridized carbons (Fsp3) is 0.375. The fourth-order valence-electron chi connectivity index (χ4n) is 2.85. The molecule has 30 heavy (non-hydrogen) atoms. The molecule has 0 aliphatic heterocycles. The van der Waals surface area contributed by atoms with Crippen LogP contribution in [0.15, 0.2) is 47.6 Å². The van der Waals surface area contributed by atoms with Crippen LogP contribution >= 0.6 is 11.6 Å². The van der Waals surface area contributed by atoms with Gasteiger partial charge in [-0.1, -0.05) is 28.9 Å². The number of benzene rings is 2. The van der Waals surface area contributed by atoms with Crippen molar-refractivity contribution in [3.8, 4) is 17.2 Å². The van der Waals surface area contributed by atoms with Gasteiger partial charge in [0.25, 0.3) is 0 Å². The SMILES string of the molecule is C/C=C/COc1cc(C)c(OCCCCOc2ccc(C=NOC)cc2Cl)c(C)c1. The number of nitrogens with zero attached hydrogens (tertiary/aromatic N) is 1. The molecule has 2 rings (SSSR count). The number of aryl methyl sites for hydroxylation is 2. The van der Waals surface area contributed by atoms with E-state index in [1.165, 1.54) is 7.11 Å². The lowest BCUT2D eigenvalue weighted by Gasteiger charge is -2.14. The number of ether oxygens (including phenoxy) is 3. The largest absolute Gasteiger partial charge is 0.493 e. The zero-order valence-corrected chi connectivity index (χ0v) is 18.9. The van der Waals surface area contributed by atoms with Crippen molar-refractivity contribution in [1.82, 2.24) is 0 Å². The van der Waals surface area contributed by atoms with E-state index >= 15 is 0 Å². The van der Waals surface area contributed by atoms with Crippen molar-refractivity contribution in [3.05, 3.63) is 64.2 Å². The van der Waals surface area contributed by atoms with Crippen LogP contribution < -0.4 is 14.2 Å². The highest BCUT2D eigenvalue weighted by Crippen LogP contribution is 2.29. The maximum Gasteiger partial charge on any atom is 0.137 e. The van der Waals surface area contributed by atoms with E-state index in [0.717, 1.165) is 41.0 Å². The molecule has 5 nitrogen and oxygen atoms in total. The average molecular weight is 432 g/mol. The third-order valence-corrected chi connectivity index (χ3v) is 4.62. The first-order valence-corrected chi connectivity index (χ1v) is 10.4. The smallest absolute Gasteiger partial charge is 0.137 e. The van der Waals surface area contributed by atoms with Gasteiger partial charge in [0.05, 0.1) is 24.5 Å². The van der Waals surface area contributed by atoms with Gasteiger partial charge >= 0.3 is 0 Å². The van der Waals surface area contributed by atoms with Crippen molar-refractivity contribution in [2.45, 2.75) is 33.6 Å². The van der Waals surface area contributed by atoms with E-state index in [4.69, 9.17) is 25.8 Å². The molecule has 0 bridgehead atoms. The predicted octanol–water partition coefficient (Wildman–Crippen LogP) is 6.13. The molecule has 0 spiro atoms. The van der Waals surface area contributed by atoms with Gasteiger partial charge in [-0.3, -0.25) is 0 Å². The normalized spacial score (nSPS) is 11.2. The molecule has 0 heterocycles. The number of oxime groups is 1. The van der Waals surface area contributed by atoms with Crippen LogP contribution in [0.5, 0.6) is 17.2 Å². The highest BCUT2D eigenvalue weighted by molar-refractivity contribution is 6.32. The first-order chi connectivity index (χ1) is 14.5. The number of unbranched alkanes of at least 4 members (excludes halogenated alkanes) is 1. The predicted molar refractivity (Wildman–Crippen MR) is 123 cm³/mol. The highest BCUT2D eigenvalue weighted by atomic mass is 35.5. The molecule has 0 radical (unpaired) electrons. The minimum Gasteiger partial charge on any atom is -0.493 e. The van der Waals surface area contributed by atoms with E-state index < -0.39 is 0 Å². The van der Waals surface area contributed by atoms with Crippen molar-refractivity contribution in [1.29, 1.82) is 0 Å². The minimum absolute atomic E-state index is 0.550. The van der Waals surface area contributed by atoms with E-state index in [0.29, 0.717) is 30.6 Å². The number of allylic oxidation sites excluding steroid dienone is 1. The molecule has 6 heteroatoms. The lowest BCUT2D eigenvalue weighted by atomic mass is 10.1. The third-order valence-electron chi connectivity index (χ3n) is 4.32. The van der Waals surface area contributed by atoms with Gasteiger partial charge in [0.1, 0.15) is 31.0 Å². The summed E-state index contributed by atoms with van der Waals surface area (Å²) in [5, 5.41) is 4.27. The maximum absolute atomic E-state index is 6.25. The summed E-state index contributed by atoms with van der Waals surface area (Å²) in [7, 11) is 1.50. The summed E-state index contributed by atoms with van der Waals surface area (Å²) < 4.78 is 17.5. The molecule has 0 saturated heterocycles. The lowest BCUT2D eigenvalue weighted by Crippen LogP contribution is -2.05. The Bertz CT molecular complexity index is 841. The van der Waals surface area contributed by atoms with Crippen molar-refractivity contribution >= 4 is 17.8 Å². The van der Waals surface area contributed by atoms with Crippen LogP contribution in [0.3, 0.4) is 0 Å².